The van der Waals surface area contributed by atoms with Crippen LogP contribution in [0.25, 0.3) is 0 Å². The number of rotatable bonds is 7. The van der Waals surface area contributed by atoms with Crippen LogP contribution in [0.15, 0.2) is 30.5 Å². The van der Waals surface area contributed by atoms with Crippen LogP contribution in [0.4, 0.5) is 5.69 Å². The predicted molar refractivity (Wildman–Crippen MR) is 73.6 cm³/mol. The van der Waals surface area contributed by atoms with Crippen molar-refractivity contribution in [3.8, 4) is 11.5 Å². The van der Waals surface area contributed by atoms with E-state index in [-0.39, 0.29) is 0 Å². The van der Waals surface area contributed by atoms with E-state index in [4.69, 9.17) is 9.47 Å². The standard InChI is InChI=1S/C14H19NO4/c1-4-18-11-6-7-13(19-5-2)12(10-11)15-9-8-14(16)17-3/h6-10,15H,4-5H2,1-3H3/b9-8+. The summed E-state index contributed by atoms with van der Waals surface area (Å²) in [4.78, 5) is 11.0. The molecule has 0 aliphatic carbocycles. The number of esters is 1. The first-order valence-electron chi connectivity index (χ1n) is 6.12. The molecule has 1 aromatic rings. The Morgan fingerprint density at radius 1 is 1.26 bits per heavy atom. The van der Waals surface area contributed by atoms with Crippen LogP contribution < -0.4 is 14.8 Å². The Hall–Kier alpha value is -2.17. The number of carbonyl (C=O) groups is 1. The predicted octanol–water partition coefficient (Wildman–Crippen LogP) is 2.58. The van der Waals surface area contributed by atoms with Gasteiger partial charge in [0.1, 0.15) is 11.5 Å². The number of methoxy groups -OCH3 is 1. The average molecular weight is 265 g/mol. The molecule has 19 heavy (non-hydrogen) atoms. The highest BCUT2D eigenvalue weighted by Crippen LogP contribution is 2.29. The van der Waals surface area contributed by atoms with Crippen LogP contribution in [-0.2, 0) is 9.53 Å². The van der Waals surface area contributed by atoms with Gasteiger partial charge in [-0.15, -0.1) is 0 Å². The van der Waals surface area contributed by atoms with Crippen molar-refractivity contribution in [3.05, 3.63) is 30.5 Å². The van der Waals surface area contributed by atoms with Gasteiger partial charge in [-0.2, -0.15) is 0 Å². The van der Waals surface area contributed by atoms with Gasteiger partial charge in [0.2, 0.25) is 0 Å². The normalized spacial score (nSPS) is 10.3. The van der Waals surface area contributed by atoms with E-state index in [1.807, 2.05) is 32.0 Å². The average Bonchev–Trinajstić information content (AvgIpc) is 2.41. The number of carbonyl (C=O) groups excluding carboxylic acids is 1. The number of hydrogen-bond donors (Lipinski definition) is 1. The summed E-state index contributed by atoms with van der Waals surface area (Å²) in [6.45, 7) is 4.97. The first-order chi connectivity index (χ1) is 9.21. The SMILES string of the molecule is CCOc1ccc(OCC)c(N/C=C/C(=O)OC)c1. The second-order valence-corrected chi connectivity index (χ2v) is 3.52. The molecule has 0 amide bonds. The Kier molecular flexibility index (Phi) is 6.29. The summed E-state index contributed by atoms with van der Waals surface area (Å²) in [5, 5.41) is 2.98. The van der Waals surface area contributed by atoms with E-state index >= 15 is 0 Å². The molecular formula is C14H19NO4. The van der Waals surface area contributed by atoms with Gasteiger partial charge < -0.3 is 19.5 Å². The monoisotopic (exact) mass is 265 g/mol. The van der Waals surface area contributed by atoms with E-state index in [1.54, 1.807) is 0 Å². The van der Waals surface area contributed by atoms with Crippen molar-refractivity contribution in [3.63, 3.8) is 0 Å². The molecule has 0 spiro atoms. The lowest BCUT2D eigenvalue weighted by molar-refractivity contribution is -0.134. The minimum absolute atomic E-state index is 0.425. The van der Waals surface area contributed by atoms with Crippen molar-refractivity contribution in [1.82, 2.24) is 0 Å². The zero-order valence-corrected chi connectivity index (χ0v) is 11.4. The van der Waals surface area contributed by atoms with Crippen LogP contribution >= 0.6 is 0 Å². The highest BCUT2D eigenvalue weighted by atomic mass is 16.5. The van der Waals surface area contributed by atoms with E-state index in [0.717, 1.165) is 11.4 Å². The van der Waals surface area contributed by atoms with Crippen molar-refractivity contribution in [1.29, 1.82) is 0 Å². The molecule has 0 heterocycles. The van der Waals surface area contributed by atoms with E-state index in [9.17, 15) is 4.79 Å². The van der Waals surface area contributed by atoms with Crippen molar-refractivity contribution in [2.45, 2.75) is 13.8 Å². The van der Waals surface area contributed by atoms with Crippen molar-refractivity contribution < 1.29 is 19.0 Å². The Morgan fingerprint density at radius 2 is 2.00 bits per heavy atom. The largest absolute Gasteiger partial charge is 0.494 e. The molecule has 0 aliphatic heterocycles. The summed E-state index contributed by atoms with van der Waals surface area (Å²) in [5.41, 5.74) is 0.730. The Balaban J connectivity index is 2.84. The van der Waals surface area contributed by atoms with Crippen molar-refractivity contribution in [2.75, 3.05) is 25.6 Å². The van der Waals surface area contributed by atoms with Crippen LogP contribution in [0.3, 0.4) is 0 Å². The fourth-order valence-electron chi connectivity index (χ4n) is 1.43. The maximum atomic E-state index is 11.0. The van der Waals surface area contributed by atoms with Crippen LogP contribution in [0, 0.1) is 0 Å². The zero-order valence-electron chi connectivity index (χ0n) is 11.4. The number of ether oxygens (including phenoxy) is 3. The molecular weight excluding hydrogens is 246 g/mol. The molecule has 0 aromatic heterocycles. The van der Waals surface area contributed by atoms with Crippen molar-refractivity contribution in [2.24, 2.45) is 0 Å². The summed E-state index contributed by atoms with van der Waals surface area (Å²) in [6, 6.07) is 5.47. The van der Waals surface area contributed by atoms with Crippen LogP contribution in [0.2, 0.25) is 0 Å². The summed E-state index contributed by atoms with van der Waals surface area (Å²) < 4.78 is 15.4. The van der Waals surface area contributed by atoms with Gasteiger partial charge in [-0.1, -0.05) is 0 Å². The van der Waals surface area contributed by atoms with Gasteiger partial charge in [0.05, 0.1) is 26.0 Å². The molecule has 0 atom stereocenters. The smallest absolute Gasteiger partial charge is 0.331 e. The van der Waals surface area contributed by atoms with Crippen LogP contribution in [0.5, 0.6) is 11.5 Å². The summed E-state index contributed by atoms with van der Waals surface area (Å²) >= 11 is 0. The van der Waals surface area contributed by atoms with Gasteiger partial charge >= 0.3 is 5.97 Å². The lowest BCUT2D eigenvalue weighted by atomic mass is 10.2. The Bertz CT molecular complexity index is 443. The maximum Gasteiger partial charge on any atom is 0.331 e. The summed E-state index contributed by atoms with van der Waals surface area (Å²) in [7, 11) is 1.33. The van der Waals surface area contributed by atoms with Gasteiger partial charge in [-0.05, 0) is 26.0 Å². The molecule has 104 valence electrons. The third-order valence-electron chi connectivity index (χ3n) is 2.22. The van der Waals surface area contributed by atoms with E-state index < -0.39 is 5.97 Å². The quantitative estimate of drug-likeness (QED) is 0.606. The van der Waals surface area contributed by atoms with Gasteiger partial charge in [-0.25, -0.2) is 4.79 Å². The van der Waals surface area contributed by atoms with Crippen molar-refractivity contribution >= 4 is 11.7 Å². The zero-order chi connectivity index (χ0) is 14.1. The molecule has 0 unspecified atom stereocenters. The number of nitrogens with one attached hydrogen (secondary N) is 1. The van der Waals surface area contributed by atoms with E-state index in [2.05, 4.69) is 10.1 Å². The fourth-order valence-corrected chi connectivity index (χ4v) is 1.43. The molecule has 1 aromatic carbocycles. The minimum atomic E-state index is -0.425. The number of hydrogen-bond acceptors (Lipinski definition) is 5. The van der Waals surface area contributed by atoms with Gasteiger partial charge in [0.15, 0.2) is 0 Å². The molecule has 1 N–H and O–H groups in total. The lowest BCUT2D eigenvalue weighted by Gasteiger charge is -2.12. The third-order valence-corrected chi connectivity index (χ3v) is 2.22. The molecule has 5 nitrogen and oxygen atoms in total. The highest BCUT2D eigenvalue weighted by molar-refractivity contribution is 5.82. The topological polar surface area (TPSA) is 56.8 Å². The fraction of sp³-hybridized carbons (Fsp3) is 0.357. The summed E-state index contributed by atoms with van der Waals surface area (Å²) in [6.07, 6.45) is 2.79. The Labute approximate surface area is 113 Å². The molecule has 0 radical (unpaired) electrons. The molecule has 0 saturated carbocycles. The molecule has 0 fully saturated rings. The Morgan fingerprint density at radius 3 is 2.63 bits per heavy atom. The number of anilines is 1. The molecule has 1 rings (SSSR count). The van der Waals surface area contributed by atoms with Gasteiger partial charge in [0, 0.05) is 18.3 Å². The second kappa shape index (κ2) is 8.02. The van der Waals surface area contributed by atoms with Gasteiger partial charge in [-0.3, -0.25) is 0 Å². The lowest BCUT2D eigenvalue weighted by Crippen LogP contribution is -2.00. The molecule has 5 heteroatoms. The maximum absolute atomic E-state index is 11.0. The first kappa shape index (κ1) is 14.9. The third kappa shape index (κ3) is 4.91. The molecule has 0 bridgehead atoms. The molecule has 0 aliphatic rings. The minimum Gasteiger partial charge on any atom is -0.494 e. The van der Waals surface area contributed by atoms with E-state index in [0.29, 0.717) is 19.0 Å². The highest BCUT2D eigenvalue weighted by Gasteiger charge is 2.04. The number of benzene rings is 1. The second-order valence-electron chi connectivity index (χ2n) is 3.52. The molecule has 0 saturated heterocycles. The van der Waals surface area contributed by atoms with Crippen LogP contribution in [-0.4, -0.2) is 26.3 Å². The first-order valence-corrected chi connectivity index (χ1v) is 6.12. The van der Waals surface area contributed by atoms with Gasteiger partial charge in [0.25, 0.3) is 0 Å². The summed E-state index contributed by atoms with van der Waals surface area (Å²) in [5.74, 6) is 1.01. The van der Waals surface area contributed by atoms with E-state index in [1.165, 1.54) is 19.4 Å². The van der Waals surface area contributed by atoms with Crippen LogP contribution in [0.1, 0.15) is 13.8 Å².